The third-order valence-electron chi connectivity index (χ3n) is 5.21. The number of ether oxygens (including phenoxy) is 1. The molecule has 1 amide bonds. The van der Waals surface area contributed by atoms with Crippen molar-refractivity contribution in [3.8, 4) is 0 Å². The van der Waals surface area contributed by atoms with E-state index in [4.69, 9.17) is 10.3 Å². The Morgan fingerprint density at radius 1 is 1.43 bits per heavy atom. The highest BCUT2D eigenvalue weighted by Crippen LogP contribution is 2.32. The van der Waals surface area contributed by atoms with Crippen molar-refractivity contribution in [1.82, 2.24) is 4.72 Å². The van der Waals surface area contributed by atoms with Crippen molar-refractivity contribution in [2.75, 3.05) is 48.8 Å². The van der Waals surface area contributed by atoms with E-state index in [1.807, 2.05) is 0 Å². The summed E-state index contributed by atoms with van der Waals surface area (Å²) in [6, 6.07) is 3.72. The minimum Gasteiger partial charge on any atom is -0.447 e. The number of nitrogens with one attached hydrogen (secondary N) is 1. The van der Waals surface area contributed by atoms with Crippen molar-refractivity contribution < 1.29 is 27.4 Å². The molecule has 1 unspecified atom stereocenters. The summed E-state index contributed by atoms with van der Waals surface area (Å²) in [6.45, 7) is 0.657. The average molecular weight is 442 g/mol. The number of rotatable bonds is 7. The normalized spacial score (nSPS) is 21.3. The average Bonchev–Trinajstić information content (AvgIpc) is 3.06. The SMILES string of the molecule is CS(=O)(=O)NCC1COC(=O)N1c1ccc(N2CCC(O)(CN=[N+]=[N-])CC2)c(F)c1. The van der Waals surface area contributed by atoms with Gasteiger partial charge in [0.25, 0.3) is 0 Å². The van der Waals surface area contributed by atoms with Crippen molar-refractivity contribution in [1.29, 1.82) is 0 Å². The van der Waals surface area contributed by atoms with Crippen LogP contribution in [0.2, 0.25) is 0 Å². The van der Waals surface area contributed by atoms with Crippen molar-refractivity contribution in [2.24, 2.45) is 5.11 Å². The van der Waals surface area contributed by atoms with Crippen LogP contribution in [0.5, 0.6) is 0 Å². The summed E-state index contributed by atoms with van der Waals surface area (Å²) in [5.74, 6) is -0.553. The lowest BCUT2D eigenvalue weighted by Gasteiger charge is -2.38. The lowest BCUT2D eigenvalue weighted by Crippen LogP contribution is -2.46. The van der Waals surface area contributed by atoms with Gasteiger partial charge in [-0.1, -0.05) is 5.11 Å². The second-order valence-corrected chi connectivity index (χ2v) is 9.29. The number of aliphatic hydroxyl groups is 1. The molecule has 11 nitrogen and oxygen atoms in total. The fraction of sp³-hybridized carbons (Fsp3) is 0.588. The Hall–Kier alpha value is -2.60. The van der Waals surface area contributed by atoms with Gasteiger partial charge in [-0.2, -0.15) is 0 Å². The number of azide groups is 1. The third-order valence-corrected chi connectivity index (χ3v) is 5.91. The van der Waals surface area contributed by atoms with E-state index in [1.54, 1.807) is 11.0 Å². The quantitative estimate of drug-likeness (QED) is 0.370. The number of cyclic esters (lactones) is 1. The van der Waals surface area contributed by atoms with Crippen LogP contribution < -0.4 is 14.5 Å². The summed E-state index contributed by atoms with van der Waals surface area (Å²) >= 11 is 0. The lowest BCUT2D eigenvalue weighted by atomic mass is 9.91. The predicted molar refractivity (Wildman–Crippen MR) is 107 cm³/mol. The van der Waals surface area contributed by atoms with Crippen LogP contribution in [0.3, 0.4) is 0 Å². The van der Waals surface area contributed by atoms with Gasteiger partial charge in [-0.15, -0.1) is 0 Å². The standard InChI is InChI=1S/C17H23FN6O5S/c1-30(27,28)21-9-13-10-29-16(25)24(13)12-2-3-15(14(18)8-12)23-6-4-17(26,5-7-23)11-20-22-19/h2-3,8,13,21,26H,4-7,9-11H2,1H3. The summed E-state index contributed by atoms with van der Waals surface area (Å²) in [6.07, 6.45) is 0.981. The molecule has 13 heteroatoms. The summed E-state index contributed by atoms with van der Waals surface area (Å²) in [5, 5.41) is 13.8. The maximum absolute atomic E-state index is 14.9. The van der Waals surface area contributed by atoms with Gasteiger partial charge in [-0.3, -0.25) is 4.90 Å². The fourth-order valence-electron chi connectivity index (χ4n) is 3.56. The van der Waals surface area contributed by atoms with Crippen LogP contribution in [0.4, 0.5) is 20.6 Å². The van der Waals surface area contributed by atoms with Gasteiger partial charge in [0.2, 0.25) is 10.0 Å². The second kappa shape index (κ2) is 8.64. The molecule has 1 aromatic rings. The van der Waals surface area contributed by atoms with E-state index >= 15 is 0 Å². The first kappa shape index (κ1) is 22.1. The van der Waals surface area contributed by atoms with Crippen molar-refractivity contribution in [3.63, 3.8) is 0 Å². The molecule has 30 heavy (non-hydrogen) atoms. The molecular formula is C17H23FN6O5S. The molecule has 0 aromatic heterocycles. The Kier molecular flexibility index (Phi) is 6.36. The Labute approximate surface area is 173 Å². The van der Waals surface area contributed by atoms with E-state index in [9.17, 15) is 22.7 Å². The number of piperidine rings is 1. The van der Waals surface area contributed by atoms with Gasteiger partial charge in [0.15, 0.2) is 0 Å². The van der Waals surface area contributed by atoms with Gasteiger partial charge in [0, 0.05) is 24.5 Å². The maximum atomic E-state index is 14.9. The van der Waals surface area contributed by atoms with E-state index < -0.39 is 33.6 Å². The zero-order valence-electron chi connectivity index (χ0n) is 16.4. The van der Waals surface area contributed by atoms with Crippen LogP contribution in [0.25, 0.3) is 10.4 Å². The number of nitrogens with zero attached hydrogens (tertiary/aromatic N) is 5. The van der Waals surface area contributed by atoms with E-state index in [1.165, 1.54) is 17.0 Å². The first-order valence-electron chi connectivity index (χ1n) is 9.30. The first-order chi connectivity index (χ1) is 14.1. The van der Waals surface area contributed by atoms with Crippen LogP contribution in [0, 0.1) is 5.82 Å². The minimum absolute atomic E-state index is 0.0133. The number of hydrogen-bond acceptors (Lipinski definition) is 7. The Balaban J connectivity index is 1.72. The number of anilines is 2. The van der Waals surface area contributed by atoms with Gasteiger partial charge in [0.1, 0.15) is 12.4 Å². The molecule has 0 spiro atoms. The van der Waals surface area contributed by atoms with Gasteiger partial charge in [-0.25, -0.2) is 22.3 Å². The number of amides is 1. The van der Waals surface area contributed by atoms with Crippen LogP contribution >= 0.6 is 0 Å². The molecule has 1 aromatic carbocycles. The zero-order chi connectivity index (χ0) is 21.9. The molecule has 2 N–H and O–H groups in total. The van der Waals surface area contributed by atoms with Gasteiger partial charge in [0.05, 0.1) is 35.8 Å². The van der Waals surface area contributed by atoms with Crippen LogP contribution in [0.1, 0.15) is 12.8 Å². The second-order valence-electron chi connectivity index (χ2n) is 7.46. The van der Waals surface area contributed by atoms with Crippen molar-refractivity contribution >= 4 is 27.5 Å². The molecule has 2 aliphatic heterocycles. The van der Waals surface area contributed by atoms with E-state index in [0.717, 1.165) is 6.26 Å². The Bertz CT molecular complexity index is 959. The smallest absolute Gasteiger partial charge is 0.414 e. The van der Waals surface area contributed by atoms with Crippen molar-refractivity contribution in [2.45, 2.75) is 24.5 Å². The van der Waals surface area contributed by atoms with Crippen LogP contribution in [0.15, 0.2) is 23.3 Å². The lowest BCUT2D eigenvalue weighted by molar-refractivity contribution is 0.0250. The fourth-order valence-corrected chi connectivity index (χ4v) is 4.06. The highest BCUT2D eigenvalue weighted by molar-refractivity contribution is 7.88. The van der Waals surface area contributed by atoms with Gasteiger partial charge in [-0.05, 0) is 36.6 Å². The number of carbonyl (C=O) groups is 1. The molecular weight excluding hydrogens is 419 g/mol. The van der Waals surface area contributed by atoms with Gasteiger partial charge < -0.3 is 14.7 Å². The largest absolute Gasteiger partial charge is 0.447 e. The van der Waals surface area contributed by atoms with Crippen molar-refractivity contribution in [3.05, 3.63) is 34.5 Å². The maximum Gasteiger partial charge on any atom is 0.414 e. The molecule has 2 saturated heterocycles. The van der Waals surface area contributed by atoms with E-state index in [2.05, 4.69) is 14.7 Å². The molecule has 1 atom stereocenters. The highest BCUT2D eigenvalue weighted by atomic mass is 32.2. The van der Waals surface area contributed by atoms with Crippen LogP contribution in [-0.2, 0) is 14.8 Å². The molecule has 0 bridgehead atoms. The number of carbonyl (C=O) groups excluding carboxylic acids is 1. The van der Waals surface area contributed by atoms with Gasteiger partial charge >= 0.3 is 6.09 Å². The molecule has 0 saturated carbocycles. The summed E-state index contributed by atoms with van der Waals surface area (Å²) in [7, 11) is -3.45. The van der Waals surface area contributed by atoms with Crippen LogP contribution in [-0.4, -0.2) is 70.3 Å². The number of benzene rings is 1. The topological polar surface area (TPSA) is 148 Å². The number of hydrogen-bond donors (Lipinski definition) is 2. The van der Waals surface area contributed by atoms with E-state index in [0.29, 0.717) is 31.6 Å². The number of halogens is 1. The zero-order valence-corrected chi connectivity index (χ0v) is 17.2. The molecule has 2 heterocycles. The minimum atomic E-state index is -3.45. The Morgan fingerprint density at radius 3 is 2.73 bits per heavy atom. The summed E-state index contributed by atoms with van der Waals surface area (Å²) in [5.41, 5.74) is 7.90. The molecule has 0 radical (unpaired) electrons. The Morgan fingerprint density at radius 2 is 2.13 bits per heavy atom. The first-order valence-corrected chi connectivity index (χ1v) is 11.2. The molecule has 3 rings (SSSR count). The van der Waals surface area contributed by atoms with E-state index in [-0.39, 0.29) is 25.4 Å². The predicted octanol–water partition coefficient (Wildman–Crippen LogP) is 1.34. The summed E-state index contributed by atoms with van der Waals surface area (Å²) < 4.78 is 44.8. The molecule has 164 valence electrons. The molecule has 0 aliphatic carbocycles. The molecule has 2 aliphatic rings. The highest BCUT2D eigenvalue weighted by Gasteiger charge is 2.36. The third kappa shape index (κ3) is 5.11. The molecule has 2 fully saturated rings. The monoisotopic (exact) mass is 442 g/mol. The number of sulfonamides is 1. The summed E-state index contributed by atoms with van der Waals surface area (Å²) in [4.78, 5) is 17.8.